The number of hydrogen-bond acceptors (Lipinski definition) is 4. The number of benzene rings is 1. The lowest BCUT2D eigenvalue weighted by atomic mass is 9.87. The highest BCUT2D eigenvalue weighted by Gasteiger charge is 2.22. The van der Waals surface area contributed by atoms with Crippen LogP contribution in [-0.2, 0) is 14.3 Å². The molecular formula is C20H26N2O4. The fraction of sp³-hybridized carbons (Fsp3) is 0.550. The molecule has 1 heterocycles. The van der Waals surface area contributed by atoms with E-state index in [0.717, 1.165) is 43.7 Å². The van der Waals surface area contributed by atoms with E-state index < -0.39 is 5.97 Å². The molecular weight excluding hydrogens is 332 g/mol. The third kappa shape index (κ3) is 4.62. The Balaban J connectivity index is 1.45. The first-order valence-corrected chi connectivity index (χ1v) is 9.40. The van der Waals surface area contributed by atoms with Gasteiger partial charge in [0.05, 0.1) is 5.56 Å². The number of carbonyl (C=O) groups excluding carboxylic acids is 3. The van der Waals surface area contributed by atoms with Crippen LogP contribution in [-0.4, -0.2) is 37.0 Å². The van der Waals surface area contributed by atoms with Gasteiger partial charge in [-0.1, -0.05) is 6.92 Å². The molecule has 0 radical (unpaired) electrons. The van der Waals surface area contributed by atoms with Gasteiger partial charge in [-0.3, -0.25) is 9.59 Å². The second-order valence-corrected chi connectivity index (χ2v) is 7.30. The van der Waals surface area contributed by atoms with Crippen molar-refractivity contribution in [2.24, 2.45) is 5.92 Å². The molecule has 0 bridgehead atoms. The van der Waals surface area contributed by atoms with Gasteiger partial charge >= 0.3 is 5.97 Å². The molecule has 0 spiro atoms. The number of hydrogen-bond donors (Lipinski definition) is 1. The van der Waals surface area contributed by atoms with E-state index in [1.165, 1.54) is 0 Å². The summed E-state index contributed by atoms with van der Waals surface area (Å²) in [5.41, 5.74) is 1.16. The summed E-state index contributed by atoms with van der Waals surface area (Å²) in [7, 11) is 0. The van der Waals surface area contributed by atoms with Crippen LogP contribution >= 0.6 is 0 Å². The van der Waals surface area contributed by atoms with Gasteiger partial charge in [-0.05, 0) is 62.3 Å². The Labute approximate surface area is 153 Å². The highest BCUT2D eigenvalue weighted by atomic mass is 16.5. The molecule has 2 amide bonds. The van der Waals surface area contributed by atoms with E-state index in [4.69, 9.17) is 4.74 Å². The summed E-state index contributed by atoms with van der Waals surface area (Å²) in [5.74, 6) is 0.0443. The monoisotopic (exact) mass is 358 g/mol. The molecule has 1 aromatic carbocycles. The molecule has 6 nitrogen and oxygen atoms in total. The van der Waals surface area contributed by atoms with Gasteiger partial charge in [-0.25, -0.2) is 4.79 Å². The van der Waals surface area contributed by atoms with Crippen LogP contribution in [0.25, 0.3) is 0 Å². The van der Waals surface area contributed by atoms with Crippen molar-refractivity contribution in [2.45, 2.75) is 51.5 Å². The summed E-state index contributed by atoms with van der Waals surface area (Å²) < 4.78 is 5.11. The number of nitrogens with zero attached hydrogens (tertiary/aromatic N) is 1. The van der Waals surface area contributed by atoms with E-state index in [2.05, 4.69) is 12.2 Å². The maximum atomic E-state index is 12.1. The first-order valence-electron chi connectivity index (χ1n) is 9.40. The topological polar surface area (TPSA) is 75.7 Å². The number of rotatable bonds is 5. The van der Waals surface area contributed by atoms with Crippen LogP contribution in [0.5, 0.6) is 0 Å². The zero-order valence-electron chi connectivity index (χ0n) is 15.2. The minimum atomic E-state index is -0.531. The fourth-order valence-corrected chi connectivity index (χ4v) is 3.59. The second kappa shape index (κ2) is 8.34. The molecule has 1 N–H and O–H groups in total. The molecule has 2 aliphatic rings. The molecule has 140 valence electrons. The molecule has 0 atom stereocenters. The van der Waals surface area contributed by atoms with Crippen molar-refractivity contribution >= 4 is 23.5 Å². The summed E-state index contributed by atoms with van der Waals surface area (Å²) in [6.07, 6.45) is 5.64. The summed E-state index contributed by atoms with van der Waals surface area (Å²) in [6.45, 7) is 2.67. The van der Waals surface area contributed by atoms with Crippen LogP contribution in [0.3, 0.4) is 0 Å². The van der Waals surface area contributed by atoms with Gasteiger partial charge in [-0.15, -0.1) is 0 Å². The molecule has 6 heteroatoms. The van der Waals surface area contributed by atoms with Gasteiger partial charge in [0.1, 0.15) is 0 Å². The van der Waals surface area contributed by atoms with Crippen molar-refractivity contribution in [1.82, 2.24) is 5.32 Å². The van der Waals surface area contributed by atoms with E-state index in [1.54, 1.807) is 29.2 Å². The van der Waals surface area contributed by atoms with Crippen molar-refractivity contribution in [3.63, 3.8) is 0 Å². The lowest BCUT2D eigenvalue weighted by molar-refractivity contribution is -0.125. The lowest BCUT2D eigenvalue weighted by Crippen LogP contribution is -2.39. The minimum absolute atomic E-state index is 0.106. The first kappa shape index (κ1) is 18.4. The SMILES string of the molecule is CC1CCC(NC(=O)COC(=O)c2ccc(N3CCCC3=O)cc2)CC1. The van der Waals surface area contributed by atoms with Crippen molar-refractivity contribution in [2.75, 3.05) is 18.1 Å². The largest absolute Gasteiger partial charge is 0.452 e. The van der Waals surface area contributed by atoms with Gasteiger partial charge in [0.25, 0.3) is 5.91 Å². The van der Waals surface area contributed by atoms with Crippen molar-refractivity contribution < 1.29 is 19.1 Å². The molecule has 1 saturated heterocycles. The number of carbonyl (C=O) groups is 3. The Hall–Kier alpha value is -2.37. The molecule has 26 heavy (non-hydrogen) atoms. The van der Waals surface area contributed by atoms with Gasteiger partial charge in [0.2, 0.25) is 5.91 Å². The summed E-state index contributed by atoms with van der Waals surface area (Å²) in [4.78, 5) is 37.5. The van der Waals surface area contributed by atoms with E-state index in [9.17, 15) is 14.4 Å². The Morgan fingerprint density at radius 1 is 1.15 bits per heavy atom. The standard InChI is InChI=1S/C20H26N2O4/c1-14-4-8-16(9-5-14)21-18(23)13-26-20(25)15-6-10-17(11-7-15)22-12-2-3-19(22)24/h6-7,10-11,14,16H,2-5,8-9,12-13H2,1H3,(H,21,23). The summed E-state index contributed by atoms with van der Waals surface area (Å²) in [5, 5.41) is 2.94. The van der Waals surface area contributed by atoms with Gasteiger partial charge < -0.3 is 15.0 Å². The molecule has 1 aliphatic heterocycles. The summed E-state index contributed by atoms with van der Waals surface area (Å²) in [6, 6.07) is 6.93. The smallest absolute Gasteiger partial charge is 0.338 e. The minimum Gasteiger partial charge on any atom is -0.452 e. The fourth-order valence-electron chi connectivity index (χ4n) is 3.59. The predicted octanol–water partition coefficient (Wildman–Crippen LogP) is 2.67. The number of ether oxygens (including phenoxy) is 1. The Morgan fingerprint density at radius 2 is 1.85 bits per heavy atom. The number of esters is 1. The van der Waals surface area contributed by atoms with Crippen molar-refractivity contribution in [3.05, 3.63) is 29.8 Å². The van der Waals surface area contributed by atoms with Crippen LogP contribution in [0, 0.1) is 5.92 Å². The van der Waals surface area contributed by atoms with Crippen LogP contribution in [0.1, 0.15) is 55.8 Å². The normalized spacial score (nSPS) is 23.0. The number of nitrogens with one attached hydrogen (secondary N) is 1. The number of amides is 2. The first-order chi connectivity index (χ1) is 12.5. The molecule has 0 aromatic heterocycles. The Bertz CT molecular complexity index is 663. The van der Waals surface area contributed by atoms with Crippen molar-refractivity contribution in [3.8, 4) is 0 Å². The average molecular weight is 358 g/mol. The van der Waals surface area contributed by atoms with E-state index in [1.807, 2.05) is 0 Å². The lowest BCUT2D eigenvalue weighted by Gasteiger charge is -2.26. The number of anilines is 1. The van der Waals surface area contributed by atoms with E-state index in [-0.39, 0.29) is 24.5 Å². The Morgan fingerprint density at radius 3 is 2.46 bits per heavy atom. The molecule has 1 aliphatic carbocycles. The maximum absolute atomic E-state index is 12.1. The van der Waals surface area contributed by atoms with Crippen LogP contribution in [0.15, 0.2) is 24.3 Å². The van der Waals surface area contributed by atoms with Crippen molar-refractivity contribution in [1.29, 1.82) is 0 Å². The predicted molar refractivity (Wildman–Crippen MR) is 97.9 cm³/mol. The van der Waals surface area contributed by atoms with Gasteiger partial charge in [-0.2, -0.15) is 0 Å². The second-order valence-electron chi connectivity index (χ2n) is 7.30. The van der Waals surface area contributed by atoms with Gasteiger partial charge in [0, 0.05) is 24.7 Å². The maximum Gasteiger partial charge on any atom is 0.338 e. The average Bonchev–Trinajstić information content (AvgIpc) is 3.08. The molecule has 1 aromatic rings. The molecule has 3 rings (SSSR count). The molecule has 2 fully saturated rings. The highest BCUT2D eigenvalue weighted by molar-refractivity contribution is 5.96. The third-order valence-electron chi connectivity index (χ3n) is 5.20. The highest BCUT2D eigenvalue weighted by Crippen LogP contribution is 2.23. The third-order valence-corrected chi connectivity index (χ3v) is 5.20. The quantitative estimate of drug-likeness (QED) is 0.821. The molecule has 0 unspecified atom stereocenters. The zero-order chi connectivity index (χ0) is 18.5. The molecule has 1 saturated carbocycles. The Kier molecular flexibility index (Phi) is 5.91. The van der Waals surface area contributed by atoms with Gasteiger partial charge in [0.15, 0.2) is 6.61 Å². The van der Waals surface area contributed by atoms with Crippen LogP contribution in [0.2, 0.25) is 0 Å². The van der Waals surface area contributed by atoms with E-state index in [0.29, 0.717) is 18.5 Å². The van der Waals surface area contributed by atoms with Crippen LogP contribution in [0.4, 0.5) is 5.69 Å². The zero-order valence-corrected chi connectivity index (χ0v) is 15.2. The van der Waals surface area contributed by atoms with Crippen LogP contribution < -0.4 is 10.2 Å². The van der Waals surface area contributed by atoms with E-state index >= 15 is 0 Å². The summed E-state index contributed by atoms with van der Waals surface area (Å²) >= 11 is 0.